The molecule has 6 nitrogen and oxygen atoms in total. The summed E-state index contributed by atoms with van der Waals surface area (Å²) in [6, 6.07) is 6.95. The standard InChI is InChI=1S/C17H21FN6S/c1-12(2)23-11-20-9-13(23)10-25-17-22-21-16(7-8-19)24(17)15-6-4-3-5-14(15)18/h3-6,9,11-12H,7-8,10,19H2,1-2H3. The lowest BCUT2D eigenvalue weighted by molar-refractivity contribution is 0.583. The number of hydrogen-bond donors (Lipinski definition) is 1. The molecule has 2 N–H and O–H groups in total. The Morgan fingerprint density at radius 3 is 2.76 bits per heavy atom. The molecule has 0 fully saturated rings. The molecule has 2 heterocycles. The molecular weight excluding hydrogens is 339 g/mol. The van der Waals surface area contributed by atoms with Crippen LogP contribution in [0.5, 0.6) is 0 Å². The third-order valence-electron chi connectivity index (χ3n) is 3.81. The molecule has 3 aromatic rings. The van der Waals surface area contributed by atoms with E-state index in [0.717, 1.165) is 5.69 Å². The van der Waals surface area contributed by atoms with Crippen LogP contribution in [0.15, 0.2) is 41.9 Å². The lowest BCUT2D eigenvalue weighted by atomic mass is 10.3. The topological polar surface area (TPSA) is 74.6 Å². The van der Waals surface area contributed by atoms with Gasteiger partial charge in [0.15, 0.2) is 5.16 Å². The molecule has 0 atom stereocenters. The summed E-state index contributed by atoms with van der Waals surface area (Å²) in [5, 5.41) is 9.10. The van der Waals surface area contributed by atoms with Gasteiger partial charge < -0.3 is 10.3 Å². The van der Waals surface area contributed by atoms with Gasteiger partial charge >= 0.3 is 0 Å². The SMILES string of the molecule is CC(C)n1cncc1CSc1nnc(CCN)n1-c1ccccc1F. The smallest absolute Gasteiger partial charge is 0.196 e. The van der Waals surface area contributed by atoms with Gasteiger partial charge in [-0.3, -0.25) is 4.57 Å². The number of hydrogen-bond acceptors (Lipinski definition) is 5. The van der Waals surface area contributed by atoms with E-state index in [-0.39, 0.29) is 5.82 Å². The first-order valence-corrected chi connectivity index (χ1v) is 9.13. The first-order chi connectivity index (χ1) is 12.1. The summed E-state index contributed by atoms with van der Waals surface area (Å²) >= 11 is 1.51. The van der Waals surface area contributed by atoms with Crippen LogP contribution in [0, 0.1) is 5.82 Å². The molecule has 0 amide bonds. The fraction of sp³-hybridized carbons (Fsp3) is 0.353. The molecule has 0 spiro atoms. The highest BCUT2D eigenvalue weighted by molar-refractivity contribution is 7.98. The minimum absolute atomic E-state index is 0.311. The van der Waals surface area contributed by atoms with E-state index in [4.69, 9.17) is 5.73 Å². The van der Waals surface area contributed by atoms with Gasteiger partial charge in [0.25, 0.3) is 0 Å². The average Bonchev–Trinajstić information content (AvgIpc) is 3.21. The van der Waals surface area contributed by atoms with Crippen molar-refractivity contribution >= 4 is 11.8 Å². The molecule has 0 saturated carbocycles. The van der Waals surface area contributed by atoms with Crippen molar-refractivity contribution in [3.05, 3.63) is 54.1 Å². The van der Waals surface area contributed by atoms with E-state index < -0.39 is 0 Å². The van der Waals surface area contributed by atoms with Crippen molar-refractivity contribution in [2.75, 3.05) is 6.54 Å². The predicted octanol–water partition coefficient (Wildman–Crippen LogP) is 2.98. The van der Waals surface area contributed by atoms with Crippen LogP contribution >= 0.6 is 11.8 Å². The van der Waals surface area contributed by atoms with Crippen LogP contribution < -0.4 is 5.73 Å². The number of imidazole rings is 1. The van der Waals surface area contributed by atoms with Gasteiger partial charge in [0, 0.05) is 30.1 Å². The number of para-hydroxylation sites is 1. The molecule has 0 unspecified atom stereocenters. The predicted molar refractivity (Wildman–Crippen MR) is 96.2 cm³/mol. The molecule has 0 radical (unpaired) electrons. The van der Waals surface area contributed by atoms with E-state index in [9.17, 15) is 4.39 Å². The van der Waals surface area contributed by atoms with Crippen LogP contribution in [-0.2, 0) is 12.2 Å². The van der Waals surface area contributed by atoms with E-state index in [2.05, 4.69) is 33.6 Å². The average molecular weight is 360 g/mol. The van der Waals surface area contributed by atoms with Crippen LogP contribution in [0.2, 0.25) is 0 Å². The normalized spacial score (nSPS) is 11.4. The molecule has 132 valence electrons. The van der Waals surface area contributed by atoms with Crippen molar-refractivity contribution in [1.82, 2.24) is 24.3 Å². The van der Waals surface area contributed by atoms with Crippen LogP contribution in [0.4, 0.5) is 4.39 Å². The molecular formula is C17H21FN6S. The Kier molecular flexibility index (Phi) is 5.50. The Bertz CT molecular complexity index is 841. The van der Waals surface area contributed by atoms with Gasteiger partial charge in [-0.25, -0.2) is 9.37 Å². The van der Waals surface area contributed by atoms with E-state index in [1.807, 2.05) is 12.5 Å². The Labute approximate surface area is 150 Å². The molecule has 25 heavy (non-hydrogen) atoms. The Balaban J connectivity index is 1.92. The second kappa shape index (κ2) is 7.79. The number of nitrogens with zero attached hydrogens (tertiary/aromatic N) is 5. The highest BCUT2D eigenvalue weighted by Gasteiger charge is 2.17. The van der Waals surface area contributed by atoms with Crippen molar-refractivity contribution in [3.63, 3.8) is 0 Å². The van der Waals surface area contributed by atoms with Crippen molar-refractivity contribution in [2.24, 2.45) is 5.73 Å². The van der Waals surface area contributed by atoms with Gasteiger partial charge in [-0.15, -0.1) is 10.2 Å². The fourth-order valence-corrected chi connectivity index (χ4v) is 3.54. The fourth-order valence-electron chi connectivity index (χ4n) is 2.61. The largest absolute Gasteiger partial charge is 0.331 e. The van der Waals surface area contributed by atoms with E-state index in [1.54, 1.807) is 22.8 Å². The molecule has 3 rings (SSSR count). The number of thioether (sulfide) groups is 1. The summed E-state index contributed by atoms with van der Waals surface area (Å²) in [5.74, 6) is 1.02. The molecule has 0 saturated heterocycles. The maximum Gasteiger partial charge on any atom is 0.196 e. The third-order valence-corrected chi connectivity index (χ3v) is 4.78. The molecule has 1 aromatic carbocycles. The number of halogens is 1. The van der Waals surface area contributed by atoms with Crippen LogP contribution in [0.3, 0.4) is 0 Å². The van der Waals surface area contributed by atoms with Gasteiger partial charge in [-0.05, 0) is 32.5 Å². The number of aromatic nitrogens is 5. The van der Waals surface area contributed by atoms with Gasteiger partial charge in [0.1, 0.15) is 11.6 Å². The second-order valence-electron chi connectivity index (χ2n) is 5.90. The van der Waals surface area contributed by atoms with E-state index >= 15 is 0 Å². The quantitative estimate of drug-likeness (QED) is 0.656. The number of nitrogens with two attached hydrogens (primary N) is 1. The minimum Gasteiger partial charge on any atom is -0.331 e. The maximum absolute atomic E-state index is 14.3. The molecule has 2 aromatic heterocycles. The molecule has 0 bridgehead atoms. The van der Waals surface area contributed by atoms with E-state index in [0.29, 0.717) is 41.4 Å². The number of rotatable bonds is 7. The maximum atomic E-state index is 14.3. The summed E-state index contributed by atoms with van der Waals surface area (Å²) in [7, 11) is 0. The second-order valence-corrected chi connectivity index (χ2v) is 6.84. The lowest BCUT2D eigenvalue weighted by Crippen LogP contribution is -2.10. The Morgan fingerprint density at radius 2 is 2.04 bits per heavy atom. The lowest BCUT2D eigenvalue weighted by Gasteiger charge is -2.13. The molecule has 8 heteroatoms. The summed E-state index contributed by atoms with van der Waals surface area (Å²) in [5.41, 5.74) is 7.19. The number of benzene rings is 1. The van der Waals surface area contributed by atoms with Crippen LogP contribution in [0.25, 0.3) is 5.69 Å². The van der Waals surface area contributed by atoms with Crippen molar-refractivity contribution in [1.29, 1.82) is 0 Å². The molecule has 0 aliphatic rings. The van der Waals surface area contributed by atoms with Gasteiger partial charge in [-0.2, -0.15) is 0 Å². The van der Waals surface area contributed by atoms with Crippen molar-refractivity contribution < 1.29 is 4.39 Å². The molecule has 0 aliphatic heterocycles. The summed E-state index contributed by atoms with van der Waals surface area (Å²) in [4.78, 5) is 4.22. The zero-order valence-corrected chi connectivity index (χ0v) is 15.1. The van der Waals surface area contributed by atoms with Gasteiger partial charge in [0.2, 0.25) is 0 Å². The van der Waals surface area contributed by atoms with Crippen molar-refractivity contribution in [2.45, 2.75) is 37.2 Å². The zero-order chi connectivity index (χ0) is 17.8. The zero-order valence-electron chi connectivity index (χ0n) is 14.3. The summed E-state index contributed by atoms with van der Waals surface area (Å²) in [6.07, 6.45) is 4.20. The highest BCUT2D eigenvalue weighted by atomic mass is 32.2. The van der Waals surface area contributed by atoms with Crippen LogP contribution in [-0.4, -0.2) is 30.9 Å². The van der Waals surface area contributed by atoms with Gasteiger partial charge in [0.05, 0.1) is 12.0 Å². The monoisotopic (exact) mass is 360 g/mol. The van der Waals surface area contributed by atoms with Gasteiger partial charge in [-0.1, -0.05) is 23.9 Å². The highest BCUT2D eigenvalue weighted by Crippen LogP contribution is 2.27. The minimum atomic E-state index is -0.311. The third kappa shape index (κ3) is 3.74. The summed E-state index contributed by atoms with van der Waals surface area (Å²) < 4.78 is 18.2. The summed E-state index contributed by atoms with van der Waals surface area (Å²) in [6.45, 7) is 4.64. The van der Waals surface area contributed by atoms with Crippen molar-refractivity contribution in [3.8, 4) is 5.69 Å². The van der Waals surface area contributed by atoms with E-state index in [1.165, 1.54) is 17.8 Å². The Hall–Kier alpha value is -2.19. The van der Waals surface area contributed by atoms with Crippen LogP contribution in [0.1, 0.15) is 31.4 Å². The Morgan fingerprint density at radius 1 is 1.24 bits per heavy atom. The molecule has 0 aliphatic carbocycles. The first-order valence-electron chi connectivity index (χ1n) is 8.14. The first kappa shape index (κ1) is 17.6.